The third-order valence-electron chi connectivity index (χ3n) is 3.41. The minimum Gasteiger partial charge on any atom is -0.444 e. The molecular weight excluding hydrogens is 254 g/mol. The number of likely N-dealkylation sites (tertiary alicyclic amines) is 1. The third kappa shape index (κ3) is 3.21. The summed E-state index contributed by atoms with van der Waals surface area (Å²) >= 11 is 0. The summed E-state index contributed by atoms with van der Waals surface area (Å²) < 4.78 is 5.48. The summed E-state index contributed by atoms with van der Waals surface area (Å²) in [7, 11) is 0. The van der Waals surface area contributed by atoms with Crippen LogP contribution in [0.5, 0.6) is 0 Å². The van der Waals surface area contributed by atoms with E-state index in [9.17, 15) is 4.79 Å². The zero-order valence-electron chi connectivity index (χ0n) is 12.6. The molecule has 0 spiro atoms. The Labute approximate surface area is 120 Å². The van der Waals surface area contributed by atoms with Crippen LogP contribution in [0.2, 0.25) is 0 Å². The highest BCUT2D eigenvalue weighted by Crippen LogP contribution is 2.34. The number of hydrogen-bond donors (Lipinski definition) is 1. The molecule has 20 heavy (non-hydrogen) atoms. The van der Waals surface area contributed by atoms with Crippen molar-refractivity contribution < 1.29 is 9.53 Å². The van der Waals surface area contributed by atoms with Crippen molar-refractivity contribution in [2.24, 2.45) is 0 Å². The molecule has 1 aromatic rings. The van der Waals surface area contributed by atoms with Gasteiger partial charge in [0, 0.05) is 12.7 Å². The lowest BCUT2D eigenvalue weighted by Crippen LogP contribution is -2.36. The summed E-state index contributed by atoms with van der Waals surface area (Å²) in [4.78, 5) is 18.2. The Hall–Kier alpha value is -1.78. The van der Waals surface area contributed by atoms with E-state index in [0.717, 1.165) is 30.5 Å². The van der Waals surface area contributed by atoms with Crippen molar-refractivity contribution in [1.82, 2.24) is 9.88 Å². The molecule has 1 fully saturated rings. The van der Waals surface area contributed by atoms with Crippen LogP contribution < -0.4 is 5.73 Å². The molecule has 2 heterocycles. The first-order valence-electron chi connectivity index (χ1n) is 6.99. The van der Waals surface area contributed by atoms with Crippen LogP contribution in [0.3, 0.4) is 0 Å². The van der Waals surface area contributed by atoms with Crippen molar-refractivity contribution in [2.45, 2.75) is 52.2 Å². The number of rotatable bonds is 1. The van der Waals surface area contributed by atoms with Crippen LogP contribution in [-0.4, -0.2) is 28.1 Å². The number of aryl methyl sites for hydroxylation is 1. The Morgan fingerprint density at radius 2 is 2.20 bits per heavy atom. The van der Waals surface area contributed by atoms with E-state index in [0.29, 0.717) is 5.82 Å². The molecule has 110 valence electrons. The van der Waals surface area contributed by atoms with Crippen LogP contribution in [0.15, 0.2) is 12.3 Å². The molecule has 1 saturated heterocycles. The molecule has 1 aliphatic heterocycles. The number of carbonyl (C=O) groups is 1. The fourth-order valence-corrected chi connectivity index (χ4v) is 2.57. The molecule has 5 heteroatoms. The predicted octanol–water partition coefficient (Wildman–Crippen LogP) is 3.04. The molecule has 1 amide bonds. The lowest BCUT2D eigenvalue weighted by molar-refractivity contribution is 0.0224. The summed E-state index contributed by atoms with van der Waals surface area (Å²) in [6, 6.07) is 1.89. The van der Waals surface area contributed by atoms with Gasteiger partial charge in [-0.2, -0.15) is 0 Å². The van der Waals surface area contributed by atoms with Crippen LogP contribution in [0.4, 0.5) is 10.6 Å². The average molecular weight is 277 g/mol. The van der Waals surface area contributed by atoms with Crippen molar-refractivity contribution in [3.05, 3.63) is 23.4 Å². The molecule has 0 saturated carbocycles. The van der Waals surface area contributed by atoms with E-state index in [1.54, 1.807) is 11.1 Å². The summed E-state index contributed by atoms with van der Waals surface area (Å²) in [6.07, 6.45) is 3.44. The van der Waals surface area contributed by atoms with Gasteiger partial charge in [0.15, 0.2) is 0 Å². The standard InChI is InChI=1S/C15H23N3O2/c1-10-8-13(16)17-9-11(10)12-6-5-7-18(12)14(19)20-15(2,3)4/h8-9,12H,5-7H2,1-4H3,(H2,16,17)/t12-/m0/s1. The van der Waals surface area contributed by atoms with E-state index in [1.165, 1.54) is 0 Å². The van der Waals surface area contributed by atoms with Crippen molar-refractivity contribution in [3.8, 4) is 0 Å². The quantitative estimate of drug-likeness (QED) is 0.856. The summed E-state index contributed by atoms with van der Waals surface area (Å²) in [5.41, 5.74) is 7.34. The Kier molecular flexibility index (Phi) is 3.88. The Morgan fingerprint density at radius 3 is 2.80 bits per heavy atom. The lowest BCUT2D eigenvalue weighted by Gasteiger charge is -2.29. The number of pyridine rings is 1. The molecule has 1 aromatic heterocycles. The van der Waals surface area contributed by atoms with E-state index in [-0.39, 0.29) is 12.1 Å². The SMILES string of the molecule is Cc1cc(N)ncc1[C@@H]1CCCN1C(=O)OC(C)(C)C. The average Bonchev–Trinajstić information content (AvgIpc) is 2.75. The normalized spacial score (nSPS) is 19.2. The lowest BCUT2D eigenvalue weighted by atomic mass is 10.0. The van der Waals surface area contributed by atoms with Gasteiger partial charge in [-0.3, -0.25) is 0 Å². The number of carbonyl (C=O) groups excluding carboxylic acids is 1. The van der Waals surface area contributed by atoms with Crippen LogP contribution in [0, 0.1) is 6.92 Å². The Balaban J connectivity index is 2.21. The Bertz CT molecular complexity index is 508. The molecule has 1 aliphatic rings. The second-order valence-electron chi connectivity index (χ2n) is 6.30. The van der Waals surface area contributed by atoms with Gasteiger partial charge in [-0.1, -0.05) is 0 Å². The van der Waals surface area contributed by atoms with Crippen LogP contribution in [0.1, 0.15) is 50.8 Å². The highest BCUT2D eigenvalue weighted by Gasteiger charge is 2.33. The first-order valence-corrected chi connectivity index (χ1v) is 6.99. The monoisotopic (exact) mass is 277 g/mol. The number of nitrogens with two attached hydrogens (primary N) is 1. The van der Waals surface area contributed by atoms with E-state index >= 15 is 0 Å². The number of ether oxygens (including phenoxy) is 1. The fraction of sp³-hybridized carbons (Fsp3) is 0.600. The summed E-state index contributed by atoms with van der Waals surface area (Å²) in [5.74, 6) is 0.507. The molecule has 2 N–H and O–H groups in total. The molecular formula is C15H23N3O2. The van der Waals surface area contributed by atoms with Gasteiger partial charge in [0.2, 0.25) is 0 Å². The molecule has 0 unspecified atom stereocenters. The number of anilines is 1. The second kappa shape index (κ2) is 5.31. The summed E-state index contributed by atoms with van der Waals surface area (Å²) in [6.45, 7) is 8.37. The zero-order valence-corrected chi connectivity index (χ0v) is 12.6. The highest BCUT2D eigenvalue weighted by atomic mass is 16.6. The zero-order chi connectivity index (χ0) is 14.9. The van der Waals surface area contributed by atoms with E-state index in [1.807, 2.05) is 33.8 Å². The number of hydrogen-bond acceptors (Lipinski definition) is 4. The highest BCUT2D eigenvalue weighted by molar-refractivity contribution is 5.69. The van der Waals surface area contributed by atoms with Gasteiger partial charge in [-0.25, -0.2) is 9.78 Å². The van der Waals surface area contributed by atoms with Gasteiger partial charge in [0.05, 0.1) is 6.04 Å². The molecule has 0 aromatic carbocycles. The minimum atomic E-state index is -0.474. The number of amides is 1. The van der Waals surface area contributed by atoms with Gasteiger partial charge >= 0.3 is 6.09 Å². The van der Waals surface area contributed by atoms with Gasteiger partial charge in [0.1, 0.15) is 11.4 Å². The first kappa shape index (κ1) is 14.6. The topological polar surface area (TPSA) is 68.5 Å². The molecule has 0 bridgehead atoms. The maximum absolute atomic E-state index is 12.3. The minimum absolute atomic E-state index is 0.0398. The number of nitrogen functional groups attached to an aromatic ring is 1. The van der Waals surface area contributed by atoms with E-state index < -0.39 is 5.60 Å². The summed E-state index contributed by atoms with van der Waals surface area (Å²) in [5, 5.41) is 0. The van der Waals surface area contributed by atoms with Gasteiger partial charge in [-0.15, -0.1) is 0 Å². The van der Waals surface area contributed by atoms with Crippen LogP contribution in [0.25, 0.3) is 0 Å². The maximum Gasteiger partial charge on any atom is 0.410 e. The van der Waals surface area contributed by atoms with E-state index in [2.05, 4.69) is 4.98 Å². The number of nitrogens with zero attached hydrogens (tertiary/aromatic N) is 2. The molecule has 1 atom stereocenters. The number of aromatic nitrogens is 1. The van der Waals surface area contributed by atoms with Crippen LogP contribution >= 0.6 is 0 Å². The molecule has 5 nitrogen and oxygen atoms in total. The molecule has 0 aliphatic carbocycles. The fourth-order valence-electron chi connectivity index (χ4n) is 2.57. The van der Waals surface area contributed by atoms with Gasteiger partial charge < -0.3 is 15.4 Å². The van der Waals surface area contributed by atoms with Crippen LogP contribution in [-0.2, 0) is 4.74 Å². The first-order chi connectivity index (χ1) is 9.28. The van der Waals surface area contributed by atoms with E-state index in [4.69, 9.17) is 10.5 Å². The third-order valence-corrected chi connectivity index (χ3v) is 3.41. The van der Waals surface area contributed by atoms with Crippen molar-refractivity contribution in [3.63, 3.8) is 0 Å². The van der Waals surface area contributed by atoms with Crippen molar-refractivity contribution in [2.75, 3.05) is 12.3 Å². The smallest absolute Gasteiger partial charge is 0.410 e. The molecule has 2 rings (SSSR count). The molecule has 0 radical (unpaired) electrons. The van der Waals surface area contributed by atoms with Gasteiger partial charge in [0.25, 0.3) is 0 Å². The second-order valence-corrected chi connectivity index (χ2v) is 6.30. The van der Waals surface area contributed by atoms with Crippen molar-refractivity contribution in [1.29, 1.82) is 0 Å². The maximum atomic E-state index is 12.3. The van der Waals surface area contributed by atoms with Crippen molar-refractivity contribution >= 4 is 11.9 Å². The largest absolute Gasteiger partial charge is 0.444 e. The van der Waals surface area contributed by atoms with Gasteiger partial charge in [-0.05, 0) is 57.7 Å². The Morgan fingerprint density at radius 1 is 1.50 bits per heavy atom. The predicted molar refractivity (Wildman–Crippen MR) is 78.3 cm³/mol.